The van der Waals surface area contributed by atoms with E-state index in [0.717, 1.165) is 12.3 Å². The van der Waals surface area contributed by atoms with Crippen LogP contribution in [0, 0.1) is 11.6 Å². The van der Waals surface area contributed by atoms with Gasteiger partial charge in [0.15, 0.2) is 0 Å². The summed E-state index contributed by atoms with van der Waals surface area (Å²) in [5.74, 6) is -1.51. The monoisotopic (exact) mass is 292 g/mol. The first kappa shape index (κ1) is 14.9. The fraction of sp³-hybridized carbons (Fsp3) is 0.200. The molecule has 0 atom stereocenters. The van der Waals surface area contributed by atoms with Gasteiger partial charge in [-0.2, -0.15) is 0 Å². The Morgan fingerprint density at radius 1 is 1.33 bits per heavy atom. The van der Waals surface area contributed by atoms with E-state index < -0.39 is 17.5 Å². The minimum Gasteiger partial charge on any atom is -0.480 e. The number of amides is 1. The van der Waals surface area contributed by atoms with E-state index in [9.17, 15) is 13.6 Å². The molecule has 1 aromatic heterocycles. The second-order valence-corrected chi connectivity index (χ2v) is 4.46. The van der Waals surface area contributed by atoms with Crippen LogP contribution < -0.4 is 4.74 Å². The van der Waals surface area contributed by atoms with Crippen molar-refractivity contribution in [1.82, 2.24) is 9.88 Å². The Bertz CT molecular complexity index is 662. The first-order valence-electron chi connectivity index (χ1n) is 6.21. The smallest absolute Gasteiger partial charge is 0.259 e. The van der Waals surface area contributed by atoms with Gasteiger partial charge in [0.2, 0.25) is 5.88 Å². The first-order valence-corrected chi connectivity index (χ1v) is 6.21. The number of benzene rings is 1. The van der Waals surface area contributed by atoms with Gasteiger partial charge in [0.1, 0.15) is 17.2 Å². The number of carbonyl (C=O) groups excluding carboxylic acids is 1. The van der Waals surface area contributed by atoms with Crippen LogP contribution in [0.3, 0.4) is 0 Å². The molecule has 110 valence electrons. The van der Waals surface area contributed by atoms with E-state index in [4.69, 9.17) is 4.74 Å². The van der Waals surface area contributed by atoms with Gasteiger partial charge in [-0.05, 0) is 12.1 Å². The van der Waals surface area contributed by atoms with Crippen LogP contribution in [0.25, 0.3) is 0 Å². The molecule has 0 saturated heterocycles. The Morgan fingerprint density at radius 3 is 2.71 bits per heavy atom. The first-order chi connectivity index (χ1) is 10.0. The predicted octanol–water partition coefficient (Wildman–Crippen LogP) is 2.64. The number of methoxy groups -OCH3 is 1. The van der Waals surface area contributed by atoms with Crippen LogP contribution in [0.4, 0.5) is 8.78 Å². The lowest BCUT2D eigenvalue weighted by Gasteiger charge is -2.18. The molecule has 0 bridgehead atoms. The zero-order chi connectivity index (χ0) is 15.4. The van der Waals surface area contributed by atoms with Gasteiger partial charge in [0.05, 0.1) is 13.3 Å². The zero-order valence-corrected chi connectivity index (χ0v) is 11.6. The van der Waals surface area contributed by atoms with Gasteiger partial charge in [-0.25, -0.2) is 13.8 Å². The lowest BCUT2D eigenvalue weighted by atomic mass is 10.2. The number of nitrogens with zero attached hydrogens (tertiary/aromatic N) is 2. The molecule has 1 amide bonds. The molecule has 2 aromatic rings. The quantitative estimate of drug-likeness (QED) is 0.870. The van der Waals surface area contributed by atoms with Crippen LogP contribution in [0.2, 0.25) is 0 Å². The van der Waals surface area contributed by atoms with Crippen LogP contribution in [-0.4, -0.2) is 29.9 Å². The van der Waals surface area contributed by atoms with Crippen molar-refractivity contribution in [3.05, 3.63) is 59.3 Å². The minimum atomic E-state index is -0.640. The van der Waals surface area contributed by atoms with E-state index in [1.165, 1.54) is 25.1 Å². The third kappa shape index (κ3) is 3.34. The summed E-state index contributed by atoms with van der Waals surface area (Å²) in [7, 11) is 2.84. The lowest BCUT2D eigenvalue weighted by molar-refractivity contribution is 0.0779. The van der Waals surface area contributed by atoms with E-state index in [0.29, 0.717) is 5.56 Å². The van der Waals surface area contributed by atoms with Gasteiger partial charge in [0.25, 0.3) is 5.91 Å². The summed E-state index contributed by atoms with van der Waals surface area (Å²) in [6.45, 7) is 0.0607. The van der Waals surface area contributed by atoms with Gasteiger partial charge >= 0.3 is 0 Å². The highest BCUT2D eigenvalue weighted by atomic mass is 19.1. The highest BCUT2D eigenvalue weighted by Gasteiger charge is 2.19. The zero-order valence-electron chi connectivity index (χ0n) is 11.6. The van der Waals surface area contributed by atoms with E-state index in [-0.39, 0.29) is 18.0 Å². The van der Waals surface area contributed by atoms with Crippen molar-refractivity contribution in [2.24, 2.45) is 0 Å². The number of pyridine rings is 1. The standard InChI is InChI=1S/C15H14F2N2O2/c1-19(9-10-5-3-4-6-13(10)17)15(20)12-7-11(16)8-18-14(12)21-2/h3-8H,9H2,1-2H3. The van der Waals surface area contributed by atoms with Crippen LogP contribution in [0.1, 0.15) is 15.9 Å². The molecule has 2 rings (SSSR count). The number of aromatic nitrogens is 1. The normalized spacial score (nSPS) is 10.3. The predicted molar refractivity (Wildman–Crippen MR) is 72.9 cm³/mol. The second-order valence-electron chi connectivity index (χ2n) is 4.46. The van der Waals surface area contributed by atoms with Gasteiger partial charge in [0, 0.05) is 19.2 Å². The summed E-state index contributed by atoms with van der Waals surface area (Å²) >= 11 is 0. The average molecular weight is 292 g/mol. The number of ether oxygens (including phenoxy) is 1. The molecular formula is C15H14F2N2O2. The maximum absolute atomic E-state index is 13.6. The minimum absolute atomic E-state index is 0.00339. The number of rotatable bonds is 4. The molecule has 6 heteroatoms. The maximum Gasteiger partial charge on any atom is 0.259 e. The molecule has 0 radical (unpaired) electrons. The van der Waals surface area contributed by atoms with Gasteiger partial charge in [-0.1, -0.05) is 18.2 Å². The molecule has 0 unspecified atom stereocenters. The van der Waals surface area contributed by atoms with Crippen LogP contribution in [-0.2, 0) is 6.54 Å². The fourth-order valence-corrected chi connectivity index (χ4v) is 1.90. The van der Waals surface area contributed by atoms with Crippen LogP contribution in [0.5, 0.6) is 5.88 Å². The lowest BCUT2D eigenvalue weighted by Crippen LogP contribution is -2.27. The largest absolute Gasteiger partial charge is 0.480 e. The Labute approximate surface area is 121 Å². The van der Waals surface area contributed by atoms with Crippen molar-refractivity contribution in [3.63, 3.8) is 0 Å². The van der Waals surface area contributed by atoms with Crippen molar-refractivity contribution in [2.45, 2.75) is 6.54 Å². The molecule has 1 aromatic carbocycles. The molecule has 21 heavy (non-hydrogen) atoms. The van der Waals surface area contributed by atoms with Crippen molar-refractivity contribution < 1.29 is 18.3 Å². The van der Waals surface area contributed by atoms with Crippen LogP contribution in [0.15, 0.2) is 36.5 Å². The van der Waals surface area contributed by atoms with Crippen molar-refractivity contribution in [3.8, 4) is 5.88 Å². The highest BCUT2D eigenvalue weighted by molar-refractivity contribution is 5.96. The van der Waals surface area contributed by atoms with E-state index >= 15 is 0 Å². The molecule has 0 fully saturated rings. The van der Waals surface area contributed by atoms with E-state index in [1.54, 1.807) is 18.2 Å². The summed E-state index contributed by atoms with van der Waals surface area (Å²) in [5, 5.41) is 0. The summed E-state index contributed by atoms with van der Waals surface area (Å²) < 4.78 is 31.8. The SMILES string of the molecule is COc1ncc(F)cc1C(=O)N(C)Cc1ccccc1F. The van der Waals surface area contributed by atoms with E-state index in [2.05, 4.69) is 4.98 Å². The topological polar surface area (TPSA) is 42.4 Å². The Balaban J connectivity index is 2.24. The van der Waals surface area contributed by atoms with Gasteiger partial charge in [-0.3, -0.25) is 4.79 Å². The second kappa shape index (κ2) is 6.30. The average Bonchev–Trinajstić information content (AvgIpc) is 2.48. The maximum atomic E-state index is 13.6. The number of hydrogen-bond donors (Lipinski definition) is 0. The molecule has 0 aliphatic rings. The Hall–Kier alpha value is -2.50. The van der Waals surface area contributed by atoms with Crippen molar-refractivity contribution in [1.29, 1.82) is 0 Å². The third-order valence-corrected chi connectivity index (χ3v) is 2.95. The molecule has 0 aliphatic heterocycles. The van der Waals surface area contributed by atoms with Crippen molar-refractivity contribution >= 4 is 5.91 Å². The summed E-state index contributed by atoms with van der Waals surface area (Å²) in [6.07, 6.45) is 0.965. The number of halogens is 2. The number of hydrogen-bond acceptors (Lipinski definition) is 3. The third-order valence-electron chi connectivity index (χ3n) is 2.95. The van der Waals surface area contributed by atoms with E-state index in [1.807, 2.05) is 0 Å². The summed E-state index contributed by atoms with van der Waals surface area (Å²) in [5.41, 5.74) is 0.369. The van der Waals surface area contributed by atoms with Gasteiger partial charge in [-0.15, -0.1) is 0 Å². The Morgan fingerprint density at radius 2 is 2.05 bits per heavy atom. The van der Waals surface area contributed by atoms with Crippen molar-refractivity contribution in [2.75, 3.05) is 14.2 Å². The summed E-state index contributed by atoms with van der Waals surface area (Å²) in [4.78, 5) is 17.3. The fourth-order valence-electron chi connectivity index (χ4n) is 1.90. The summed E-state index contributed by atoms with van der Waals surface area (Å²) in [6, 6.07) is 7.20. The highest BCUT2D eigenvalue weighted by Crippen LogP contribution is 2.19. The molecule has 0 aliphatic carbocycles. The molecular weight excluding hydrogens is 278 g/mol. The number of carbonyl (C=O) groups is 1. The molecule has 1 heterocycles. The molecule has 0 saturated carbocycles. The van der Waals surface area contributed by atoms with Gasteiger partial charge < -0.3 is 9.64 Å². The van der Waals surface area contributed by atoms with Crippen LogP contribution >= 0.6 is 0 Å². The Kier molecular flexibility index (Phi) is 4.47. The molecule has 4 nitrogen and oxygen atoms in total. The molecule has 0 spiro atoms. The molecule has 0 N–H and O–H groups in total.